The summed E-state index contributed by atoms with van der Waals surface area (Å²) in [5, 5.41) is 0. The number of benzene rings is 3. The zero-order chi connectivity index (χ0) is 26.0. The third-order valence-corrected chi connectivity index (χ3v) is 11.2. The topological polar surface area (TPSA) is 57.5 Å². The summed E-state index contributed by atoms with van der Waals surface area (Å²) in [6.07, 6.45) is 7.53. The van der Waals surface area contributed by atoms with Crippen molar-refractivity contribution in [3.63, 3.8) is 0 Å². The van der Waals surface area contributed by atoms with Gasteiger partial charge in [0.25, 0.3) is 0 Å². The van der Waals surface area contributed by atoms with E-state index in [0.717, 1.165) is 29.8 Å². The van der Waals surface area contributed by atoms with Gasteiger partial charge in [0.05, 0.1) is 21.7 Å². The van der Waals surface area contributed by atoms with Gasteiger partial charge in [-0.25, -0.2) is 8.42 Å². The van der Waals surface area contributed by atoms with Crippen molar-refractivity contribution in [3.05, 3.63) is 108 Å². The summed E-state index contributed by atoms with van der Waals surface area (Å²) in [6, 6.07) is 23.4. The molecule has 2 aliphatic rings. The normalized spacial score (nSPS) is 25.2. The van der Waals surface area contributed by atoms with E-state index in [2.05, 4.69) is 4.90 Å². The summed E-state index contributed by atoms with van der Waals surface area (Å²) in [4.78, 5) is 2.00. The van der Waals surface area contributed by atoms with Gasteiger partial charge < -0.3 is 0 Å². The number of aryl methyl sites for hydroxylation is 2. The Morgan fingerprint density at radius 3 is 2.08 bits per heavy atom. The molecule has 0 bridgehead atoms. The standard InChI is InChI=1S/C30H34N2O3S2/c1-24-12-16-27(17-13-24)36(33)30(20-9-23-31-21-7-4-8-22-31)29(26-10-5-3-6-11-26)32(30)37(34,35)28-18-14-25(2)15-19-28/h3,5-6,9-20,29H,4,7-8,21-23H2,1-2H3/b20-9+/t29-,30+,32?,36?/m0/s1. The van der Waals surface area contributed by atoms with Crippen molar-refractivity contribution < 1.29 is 12.6 Å². The molecule has 2 saturated heterocycles. The minimum absolute atomic E-state index is 0.214. The fraction of sp³-hybridized carbons (Fsp3) is 0.333. The monoisotopic (exact) mass is 534 g/mol. The maximum Gasteiger partial charge on any atom is 0.245 e. The van der Waals surface area contributed by atoms with Crippen LogP contribution in [-0.2, 0) is 20.8 Å². The number of piperidine rings is 1. The molecule has 4 atom stereocenters. The number of hydrogen-bond donors (Lipinski definition) is 0. The zero-order valence-electron chi connectivity index (χ0n) is 21.4. The second-order valence-electron chi connectivity index (χ2n) is 10.0. The summed E-state index contributed by atoms with van der Waals surface area (Å²) in [5.41, 5.74) is 2.89. The molecule has 0 amide bonds. The SMILES string of the molecule is Cc1ccc(S(=O)[C@]2(/C=C/CN3CCCCC3)[C@H](c3ccccc3)N2S(=O)(=O)c2ccc(C)cc2)cc1. The number of sulfonamides is 1. The summed E-state index contributed by atoms with van der Waals surface area (Å²) < 4.78 is 44.1. The van der Waals surface area contributed by atoms with Crippen LogP contribution in [0.15, 0.2) is 101 Å². The second-order valence-corrected chi connectivity index (χ2v) is 13.5. The molecular weight excluding hydrogens is 500 g/mol. The largest absolute Gasteiger partial charge is 0.300 e. The smallest absolute Gasteiger partial charge is 0.245 e. The summed E-state index contributed by atoms with van der Waals surface area (Å²) in [5.74, 6) is 0. The minimum atomic E-state index is -3.93. The number of nitrogens with zero attached hydrogens (tertiary/aromatic N) is 2. The van der Waals surface area contributed by atoms with E-state index in [1.54, 1.807) is 24.3 Å². The van der Waals surface area contributed by atoms with Gasteiger partial charge in [-0.3, -0.25) is 9.11 Å². The highest BCUT2D eigenvalue weighted by Gasteiger charge is 2.71. The van der Waals surface area contributed by atoms with Crippen molar-refractivity contribution in [2.75, 3.05) is 19.6 Å². The summed E-state index contributed by atoms with van der Waals surface area (Å²) in [6.45, 7) is 6.70. The first-order chi connectivity index (χ1) is 17.8. The van der Waals surface area contributed by atoms with Crippen LogP contribution in [0.25, 0.3) is 0 Å². The summed E-state index contributed by atoms with van der Waals surface area (Å²) >= 11 is 0. The first kappa shape index (κ1) is 26.0. The molecule has 0 N–H and O–H groups in total. The Bertz CT molecular complexity index is 1380. The van der Waals surface area contributed by atoms with Gasteiger partial charge in [0.2, 0.25) is 10.0 Å². The number of hydrogen-bond acceptors (Lipinski definition) is 4. The zero-order valence-corrected chi connectivity index (χ0v) is 23.0. The molecule has 0 aromatic heterocycles. The highest BCUT2D eigenvalue weighted by Crippen LogP contribution is 2.60. The predicted octanol–water partition coefficient (Wildman–Crippen LogP) is 5.60. The van der Waals surface area contributed by atoms with E-state index in [4.69, 9.17) is 0 Å². The molecule has 0 radical (unpaired) electrons. The lowest BCUT2D eigenvalue weighted by molar-refractivity contribution is 0.251. The molecule has 3 aromatic rings. The first-order valence-electron chi connectivity index (χ1n) is 12.9. The molecule has 7 heteroatoms. The van der Waals surface area contributed by atoms with Gasteiger partial charge >= 0.3 is 0 Å². The van der Waals surface area contributed by atoms with E-state index >= 15 is 0 Å². The Morgan fingerprint density at radius 2 is 1.46 bits per heavy atom. The Hall–Kier alpha value is -2.58. The van der Waals surface area contributed by atoms with Gasteiger partial charge in [-0.2, -0.15) is 4.31 Å². The number of likely N-dealkylation sites (tertiary alicyclic amines) is 1. The average Bonchev–Trinajstić information content (AvgIpc) is 3.61. The van der Waals surface area contributed by atoms with Crippen LogP contribution in [0.4, 0.5) is 0 Å². The molecule has 0 spiro atoms. The molecule has 3 aromatic carbocycles. The molecule has 0 saturated carbocycles. The van der Waals surface area contributed by atoms with Crippen LogP contribution in [-0.4, -0.2) is 46.3 Å². The molecule has 2 heterocycles. The van der Waals surface area contributed by atoms with Crippen LogP contribution in [0.5, 0.6) is 0 Å². The Kier molecular flexibility index (Phi) is 7.50. The minimum Gasteiger partial charge on any atom is -0.300 e. The predicted molar refractivity (Wildman–Crippen MR) is 149 cm³/mol. The fourth-order valence-corrected chi connectivity index (χ4v) is 9.16. The van der Waals surface area contributed by atoms with Gasteiger partial charge in [0, 0.05) is 11.4 Å². The first-order valence-corrected chi connectivity index (χ1v) is 15.5. The lowest BCUT2D eigenvalue weighted by atomic mass is 10.1. The van der Waals surface area contributed by atoms with E-state index in [1.165, 1.54) is 23.6 Å². The summed E-state index contributed by atoms with van der Waals surface area (Å²) in [7, 11) is -5.57. The Morgan fingerprint density at radius 1 is 0.865 bits per heavy atom. The van der Waals surface area contributed by atoms with Crippen LogP contribution in [0.2, 0.25) is 0 Å². The van der Waals surface area contributed by atoms with Crippen LogP contribution in [0.3, 0.4) is 0 Å². The van der Waals surface area contributed by atoms with Crippen LogP contribution in [0.1, 0.15) is 42.0 Å². The Balaban J connectivity index is 1.61. The molecule has 2 unspecified atom stereocenters. The van der Waals surface area contributed by atoms with Gasteiger partial charge in [0.15, 0.2) is 4.87 Å². The third kappa shape index (κ3) is 5.10. The van der Waals surface area contributed by atoms with E-state index in [-0.39, 0.29) is 4.90 Å². The van der Waals surface area contributed by atoms with Crippen molar-refractivity contribution in [1.29, 1.82) is 0 Å². The molecule has 37 heavy (non-hydrogen) atoms. The molecule has 5 rings (SSSR count). The molecule has 2 fully saturated rings. The lowest BCUT2D eigenvalue weighted by Crippen LogP contribution is -2.31. The van der Waals surface area contributed by atoms with Crippen molar-refractivity contribution in [1.82, 2.24) is 9.21 Å². The molecule has 0 aliphatic carbocycles. The third-order valence-electron chi connectivity index (χ3n) is 7.30. The van der Waals surface area contributed by atoms with Gasteiger partial charge in [-0.15, -0.1) is 0 Å². The van der Waals surface area contributed by atoms with Gasteiger partial charge in [-0.1, -0.05) is 84.3 Å². The average molecular weight is 535 g/mol. The van der Waals surface area contributed by atoms with Crippen molar-refractivity contribution in [2.45, 2.75) is 53.8 Å². The lowest BCUT2D eigenvalue weighted by Gasteiger charge is -2.25. The maximum absolute atomic E-state index is 14.4. The quantitative estimate of drug-likeness (QED) is 0.279. The van der Waals surface area contributed by atoms with E-state index in [9.17, 15) is 12.6 Å². The highest BCUT2D eigenvalue weighted by molar-refractivity contribution is 7.92. The molecular formula is C30H34N2O3S2. The molecule has 2 aliphatic heterocycles. The molecule has 5 nitrogen and oxygen atoms in total. The fourth-order valence-electron chi connectivity index (χ4n) is 5.20. The maximum atomic E-state index is 14.4. The van der Waals surface area contributed by atoms with Crippen molar-refractivity contribution in [3.8, 4) is 0 Å². The van der Waals surface area contributed by atoms with Crippen LogP contribution >= 0.6 is 0 Å². The van der Waals surface area contributed by atoms with Crippen LogP contribution in [0, 0.1) is 13.8 Å². The highest BCUT2D eigenvalue weighted by atomic mass is 32.2. The van der Waals surface area contributed by atoms with E-state index in [1.807, 2.05) is 80.6 Å². The van der Waals surface area contributed by atoms with Crippen molar-refractivity contribution >= 4 is 20.8 Å². The van der Waals surface area contributed by atoms with Gasteiger partial charge in [0.1, 0.15) is 0 Å². The van der Waals surface area contributed by atoms with E-state index < -0.39 is 31.7 Å². The number of rotatable bonds is 8. The van der Waals surface area contributed by atoms with E-state index in [0.29, 0.717) is 11.4 Å². The second kappa shape index (κ2) is 10.7. The Labute approximate surface area is 223 Å². The molecule has 194 valence electrons. The van der Waals surface area contributed by atoms with Crippen LogP contribution < -0.4 is 0 Å². The van der Waals surface area contributed by atoms with Gasteiger partial charge in [-0.05, 0) is 69.6 Å². The van der Waals surface area contributed by atoms with Crippen molar-refractivity contribution in [2.24, 2.45) is 0 Å².